The van der Waals surface area contributed by atoms with E-state index in [-0.39, 0.29) is 38.0 Å². The monoisotopic (exact) mass is 484 g/mol. The lowest BCUT2D eigenvalue weighted by molar-refractivity contribution is -0.143. The van der Waals surface area contributed by atoms with Crippen LogP contribution in [0.15, 0.2) is 0 Å². The predicted molar refractivity (Wildman–Crippen MR) is 121 cm³/mol. The molecule has 13 heteroatoms. The lowest BCUT2D eigenvalue weighted by Crippen LogP contribution is -2.57. The van der Waals surface area contributed by atoms with Gasteiger partial charge < -0.3 is 37.8 Å². The zero-order valence-electron chi connectivity index (χ0n) is 19.6. The number of rotatable bonds is 14. The Morgan fingerprint density at radius 2 is 1.56 bits per heavy atom. The first-order valence-corrected chi connectivity index (χ1v) is 11.3. The number of nitrogens with one attached hydrogen (secondary N) is 2. The fourth-order valence-corrected chi connectivity index (χ4v) is 3.72. The van der Waals surface area contributed by atoms with Crippen LogP contribution in [0.4, 0.5) is 0 Å². The maximum atomic E-state index is 13.0. The maximum absolute atomic E-state index is 13.0. The molecule has 0 radical (unpaired) electrons. The number of carbonyl (C=O) groups is 6. The molecular weight excluding hydrogens is 448 g/mol. The second-order valence-electron chi connectivity index (χ2n) is 8.90. The number of amides is 5. The predicted octanol–water partition coefficient (Wildman–Crippen LogP) is -2.06. The van der Waals surface area contributed by atoms with Crippen molar-refractivity contribution in [3.63, 3.8) is 0 Å². The summed E-state index contributed by atoms with van der Waals surface area (Å²) in [6.07, 6.45) is 0.723. The van der Waals surface area contributed by atoms with Gasteiger partial charge in [0.05, 0.1) is 6.04 Å². The molecule has 1 fully saturated rings. The Labute approximate surface area is 198 Å². The average Bonchev–Trinajstić information content (AvgIpc) is 3.22. The summed E-state index contributed by atoms with van der Waals surface area (Å²) in [5, 5.41) is 14.3. The summed E-state index contributed by atoms with van der Waals surface area (Å²) >= 11 is 0. The van der Waals surface area contributed by atoms with Crippen LogP contribution in [0, 0.1) is 5.92 Å². The van der Waals surface area contributed by atoms with Crippen molar-refractivity contribution >= 4 is 35.5 Å². The highest BCUT2D eigenvalue weighted by Crippen LogP contribution is 2.20. The molecule has 5 amide bonds. The molecule has 1 aliphatic heterocycles. The van der Waals surface area contributed by atoms with Crippen molar-refractivity contribution in [2.45, 2.75) is 83.0 Å². The van der Waals surface area contributed by atoms with Crippen LogP contribution >= 0.6 is 0 Å². The number of aliphatic carboxylic acids is 1. The van der Waals surface area contributed by atoms with Crippen LogP contribution < -0.4 is 27.8 Å². The molecule has 4 unspecified atom stereocenters. The van der Waals surface area contributed by atoms with Crippen molar-refractivity contribution < 1.29 is 33.9 Å². The Bertz CT molecular complexity index is 788. The normalized spacial score (nSPS) is 18.1. The number of carbonyl (C=O) groups excluding carboxylic acids is 5. The lowest BCUT2D eigenvalue weighted by atomic mass is 10.0. The van der Waals surface area contributed by atoms with Gasteiger partial charge in [-0.1, -0.05) is 13.8 Å². The Hall–Kier alpha value is -3.22. The first-order valence-electron chi connectivity index (χ1n) is 11.3. The van der Waals surface area contributed by atoms with Gasteiger partial charge in [-0.3, -0.25) is 24.0 Å². The van der Waals surface area contributed by atoms with Gasteiger partial charge in [0.15, 0.2) is 0 Å². The molecule has 13 nitrogen and oxygen atoms in total. The molecule has 0 aliphatic carbocycles. The zero-order valence-corrected chi connectivity index (χ0v) is 19.6. The molecule has 1 heterocycles. The summed E-state index contributed by atoms with van der Waals surface area (Å²) in [6, 6.07) is -4.24. The molecule has 192 valence electrons. The van der Waals surface area contributed by atoms with Crippen molar-refractivity contribution in [2.75, 3.05) is 6.54 Å². The van der Waals surface area contributed by atoms with E-state index in [1.54, 1.807) is 0 Å². The molecule has 0 saturated carbocycles. The molecule has 0 aromatic heterocycles. The van der Waals surface area contributed by atoms with Crippen molar-refractivity contribution in [1.29, 1.82) is 0 Å². The number of hydrogen-bond acceptors (Lipinski definition) is 7. The molecule has 1 rings (SSSR count). The lowest BCUT2D eigenvalue weighted by Gasteiger charge is -2.29. The van der Waals surface area contributed by atoms with Crippen LogP contribution in [0.5, 0.6) is 0 Å². The van der Waals surface area contributed by atoms with Gasteiger partial charge in [-0.15, -0.1) is 0 Å². The molecule has 0 bridgehead atoms. The topological polar surface area (TPSA) is 228 Å². The minimum absolute atomic E-state index is 0.0199. The summed E-state index contributed by atoms with van der Waals surface area (Å²) in [6.45, 7) is 3.96. The second-order valence-corrected chi connectivity index (χ2v) is 8.90. The molecular formula is C21H36N6O7. The SMILES string of the molecule is CC(C)CC(NC(=O)C1CCCN1C(=O)C(N)CCC(N)=O)C(=O)NC(CCC(N)=O)C(=O)O. The minimum atomic E-state index is -1.35. The van der Waals surface area contributed by atoms with E-state index in [1.807, 2.05) is 13.8 Å². The Morgan fingerprint density at radius 1 is 0.971 bits per heavy atom. The van der Waals surface area contributed by atoms with Gasteiger partial charge in [-0.05, 0) is 38.0 Å². The number of hydrogen-bond donors (Lipinski definition) is 6. The third-order valence-electron chi connectivity index (χ3n) is 5.49. The summed E-state index contributed by atoms with van der Waals surface area (Å²) < 4.78 is 0. The second kappa shape index (κ2) is 13.5. The highest BCUT2D eigenvalue weighted by Gasteiger charge is 2.38. The number of nitrogens with zero attached hydrogens (tertiary/aromatic N) is 1. The summed E-state index contributed by atoms with van der Waals surface area (Å²) in [5.74, 6) is -4.40. The number of primary amides is 2. The van der Waals surface area contributed by atoms with Gasteiger partial charge >= 0.3 is 5.97 Å². The van der Waals surface area contributed by atoms with E-state index in [0.29, 0.717) is 19.4 Å². The van der Waals surface area contributed by atoms with Gasteiger partial charge in [0.1, 0.15) is 18.1 Å². The van der Waals surface area contributed by atoms with Crippen molar-refractivity contribution in [2.24, 2.45) is 23.1 Å². The highest BCUT2D eigenvalue weighted by atomic mass is 16.4. The van der Waals surface area contributed by atoms with Gasteiger partial charge in [0, 0.05) is 19.4 Å². The number of nitrogens with two attached hydrogens (primary N) is 3. The molecule has 0 aromatic rings. The number of likely N-dealkylation sites (tertiary alicyclic amines) is 1. The van der Waals surface area contributed by atoms with Gasteiger partial charge in [-0.2, -0.15) is 0 Å². The highest BCUT2D eigenvalue weighted by molar-refractivity contribution is 5.94. The molecule has 0 aromatic carbocycles. The quantitative estimate of drug-likeness (QED) is 0.160. The van der Waals surface area contributed by atoms with Gasteiger partial charge in [0.25, 0.3) is 0 Å². The molecule has 1 saturated heterocycles. The van der Waals surface area contributed by atoms with E-state index in [0.717, 1.165) is 0 Å². The summed E-state index contributed by atoms with van der Waals surface area (Å²) in [5.41, 5.74) is 16.0. The van der Waals surface area contributed by atoms with E-state index in [1.165, 1.54) is 4.90 Å². The summed E-state index contributed by atoms with van der Waals surface area (Å²) in [4.78, 5) is 73.3. The van der Waals surface area contributed by atoms with Crippen molar-refractivity contribution in [3.8, 4) is 0 Å². The first kappa shape index (κ1) is 28.8. The smallest absolute Gasteiger partial charge is 0.326 e. The van der Waals surface area contributed by atoms with Crippen LogP contribution in [-0.4, -0.2) is 76.2 Å². The van der Waals surface area contributed by atoms with Crippen LogP contribution in [0.1, 0.15) is 58.8 Å². The molecule has 4 atom stereocenters. The number of carboxylic acid groups (broad SMARTS) is 1. The fourth-order valence-electron chi connectivity index (χ4n) is 3.72. The standard InChI is InChI=1S/C21H36N6O7/c1-11(2)10-14(18(30)25-13(21(33)34)6-8-17(24)29)26-19(31)15-4-3-9-27(15)20(32)12(22)5-7-16(23)28/h11-15H,3-10,22H2,1-2H3,(H2,23,28)(H2,24,29)(H,25,30)(H,26,31)(H,33,34). The molecule has 34 heavy (non-hydrogen) atoms. The minimum Gasteiger partial charge on any atom is -0.480 e. The average molecular weight is 485 g/mol. The van der Waals surface area contributed by atoms with Crippen LogP contribution in [0.2, 0.25) is 0 Å². The van der Waals surface area contributed by atoms with Gasteiger partial charge in [-0.25, -0.2) is 4.79 Å². The van der Waals surface area contributed by atoms with Crippen molar-refractivity contribution in [3.05, 3.63) is 0 Å². The Balaban J connectivity index is 2.89. The van der Waals surface area contributed by atoms with E-state index in [9.17, 15) is 33.9 Å². The van der Waals surface area contributed by atoms with E-state index >= 15 is 0 Å². The third kappa shape index (κ3) is 9.33. The van der Waals surface area contributed by atoms with Crippen LogP contribution in [0.3, 0.4) is 0 Å². The van der Waals surface area contributed by atoms with Crippen LogP contribution in [0.25, 0.3) is 0 Å². The van der Waals surface area contributed by atoms with E-state index < -0.39 is 59.7 Å². The van der Waals surface area contributed by atoms with E-state index in [4.69, 9.17) is 17.2 Å². The van der Waals surface area contributed by atoms with E-state index in [2.05, 4.69) is 10.6 Å². The zero-order chi connectivity index (χ0) is 26.0. The molecule has 9 N–H and O–H groups in total. The third-order valence-corrected chi connectivity index (χ3v) is 5.49. The largest absolute Gasteiger partial charge is 0.480 e. The molecule has 0 spiro atoms. The summed E-state index contributed by atoms with van der Waals surface area (Å²) in [7, 11) is 0. The Kier molecular flexibility index (Phi) is 11.4. The Morgan fingerprint density at radius 3 is 2.09 bits per heavy atom. The number of carboxylic acids is 1. The fraction of sp³-hybridized carbons (Fsp3) is 0.714. The van der Waals surface area contributed by atoms with Crippen LogP contribution in [-0.2, 0) is 28.8 Å². The maximum Gasteiger partial charge on any atom is 0.326 e. The van der Waals surface area contributed by atoms with Crippen molar-refractivity contribution in [1.82, 2.24) is 15.5 Å². The first-order chi connectivity index (χ1) is 15.8. The van der Waals surface area contributed by atoms with Gasteiger partial charge in [0.2, 0.25) is 29.5 Å². The molecule has 1 aliphatic rings.